The SMILES string of the molecule is Cc1ccc(N)c(SCc2nc(C)no2)c1. The van der Waals surface area contributed by atoms with Gasteiger partial charge in [-0.1, -0.05) is 11.2 Å². The molecule has 2 N–H and O–H groups in total. The van der Waals surface area contributed by atoms with Gasteiger partial charge < -0.3 is 10.3 Å². The van der Waals surface area contributed by atoms with Gasteiger partial charge in [0.05, 0.1) is 5.75 Å². The maximum Gasteiger partial charge on any atom is 0.236 e. The zero-order valence-corrected chi connectivity index (χ0v) is 10.0. The number of nitrogen functional groups attached to an aromatic ring is 1. The molecule has 5 heteroatoms. The van der Waals surface area contributed by atoms with Gasteiger partial charge in [0.15, 0.2) is 5.82 Å². The van der Waals surface area contributed by atoms with E-state index in [0.29, 0.717) is 17.5 Å². The van der Waals surface area contributed by atoms with Gasteiger partial charge in [-0.2, -0.15) is 4.98 Å². The van der Waals surface area contributed by atoms with Crippen molar-refractivity contribution in [1.29, 1.82) is 0 Å². The van der Waals surface area contributed by atoms with Crippen molar-refractivity contribution >= 4 is 17.4 Å². The average molecular weight is 235 g/mol. The van der Waals surface area contributed by atoms with Crippen LogP contribution < -0.4 is 5.73 Å². The van der Waals surface area contributed by atoms with Crippen LogP contribution in [0.15, 0.2) is 27.6 Å². The number of nitrogens with two attached hydrogens (primary N) is 1. The van der Waals surface area contributed by atoms with Gasteiger partial charge in [0.25, 0.3) is 0 Å². The van der Waals surface area contributed by atoms with E-state index in [0.717, 1.165) is 10.6 Å². The maximum atomic E-state index is 5.87. The summed E-state index contributed by atoms with van der Waals surface area (Å²) in [6, 6.07) is 5.97. The number of aromatic nitrogens is 2. The van der Waals surface area contributed by atoms with E-state index in [2.05, 4.69) is 16.2 Å². The largest absolute Gasteiger partial charge is 0.398 e. The number of thioether (sulfide) groups is 1. The quantitative estimate of drug-likeness (QED) is 0.654. The molecule has 0 radical (unpaired) electrons. The Bertz CT molecular complexity index is 496. The number of hydrogen-bond acceptors (Lipinski definition) is 5. The molecule has 2 aromatic rings. The van der Waals surface area contributed by atoms with Gasteiger partial charge in [-0.15, -0.1) is 11.8 Å². The smallest absolute Gasteiger partial charge is 0.236 e. The van der Waals surface area contributed by atoms with Gasteiger partial charge >= 0.3 is 0 Å². The summed E-state index contributed by atoms with van der Waals surface area (Å²) in [5, 5.41) is 3.74. The lowest BCUT2D eigenvalue weighted by Crippen LogP contribution is -1.90. The molecule has 2 rings (SSSR count). The van der Waals surface area contributed by atoms with Crippen LogP contribution in [-0.2, 0) is 5.75 Å². The van der Waals surface area contributed by atoms with Crippen molar-refractivity contribution in [2.75, 3.05) is 5.73 Å². The first kappa shape index (κ1) is 11.0. The highest BCUT2D eigenvalue weighted by molar-refractivity contribution is 7.98. The topological polar surface area (TPSA) is 64.9 Å². The van der Waals surface area contributed by atoms with Crippen LogP contribution in [0.4, 0.5) is 5.69 Å². The highest BCUT2D eigenvalue weighted by Crippen LogP contribution is 2.28. The molecular weight excluding hydrogens is 222 g/mol. The van der Waals surface area contributed by atoms with Crippen LogP contribution in [0.25, 0.3) is 0 Å². The Morgan fingerprint density at radius 2 is 2.19 bits per heavy atom. The molecule has 0 spiro atoms. The Morgan fingerprint density at radius 3 is 2.88 bits per heavy atom. The Labute approximate surface area is 98.2 Å². The number of rotatable bonds is 3. The summed E-state index contributed by atoms with van der Waals surface area (Å²) in [7, 11) is 0. The van der Waals surface area contributed by atoms with Crippen molar-refractivity contribution < 1.29 is 4.52 Å². The molecule has 1 heterocycles. The number of anilines is 1. The molecule has 0 aliphatic heterocycles. The zero-order valence-electron chi connectivity index (χ0n) is 9.23. The molecule has 0 saturated heterocycles. The minimum atomic E-state index is 0.628. The summed E-state index contributed by atoms with van der Waals surface area (Å²) in [6.07, 6.45) is 0. The first-order valence-corrected chi connectivity index (χ1v) is 5.92. The third kappa shape index (κ3) is 2.55. The second-order valence-electron chi connectivity index (χ2n) is 3.57. The second kappa shape index (κ2) is 4.57. The van der Waals surface area contributed by atoms with Crippen molar-refractivity contribution in [3.63, 3.8) is 0 Å². The monoisotopic (exact) mass is 235 g/mol. The lowest BCUT2D eigenvalue weighted by molar-refractivity contribution is 0.387. The molecular formula is C11H13N3OS. The van der Waals surface area contributed by atoms with Crippen LogP contribution in [0.5, 0.6) is 0 Å². The van der Waals surface area contributed by atoms with E-state index in [1.807, 2.05) is 19.1 Å². The average Bonchev–Trinajstić information content (AvgIpc) is 2.66. The first-order chi connectivity index (χ1) is 7.65. The van der Waals surface area contributed by atoms with E-state index in [9.17, 15) is 0 Å². The maximum absolute atomic E-state index is 5.87. The van der Waals surface area contributed by atoms with Gasteiger partial charge in [0, 0.05) is 10.6 Å². The summed E-state index contributed by atoms with van der Waals surface area (Å²) in [5.41, 5.74) is 7.85. The fourth-order valence-electron chi connectivity index (χ4n) is 1.30. The Kier molecular flexibility index (Phi) is 3.14. The normalized spacial score (nSPS) is 10.6. The summed E-state index contributed by atoms with van der Waals surface area (Å²) in [6.45, 7) is 3.85. The van der Waals surface area contributed by atoms with E-state index in [4.69, 9.17) is 10.3 Å². The van der Waals surface area contributed by atoms with Crippen molar-refractivity contribution in [2.24, 2.45) is 0 Å². The lowest BCUT2D eigenvalue weighted by atomic mass is 10.2. The first-order valence-electron chi connectivity index (χ1n) is 4.93. The zero-order chi connectivity index (χ0) is 11.5. The van der Waals surface area contributed by atoms with Gasteiger partial charge in [0.2, 0.25) is 5.89 Å². The Balaban J connectivity index is 2.07. The highest BCUT2D eigenvalue weighted by Gasteiger charge is 2.05. The molecule has 0 unspecified atom stereocenters. The minimum absolute atomic E-state index is 0.628. The van der Waals surface area contributed by atoms with Gasteiger partial charge in [-0.25, -0.2) is 0 Å². The Morgan fingerprint density at radius 1 is 1.38 bits per heavy atom. The fourth-order valence-corrected chi connectivity index (χ4v) is 2.20. The molecule has 16 heavy (non-hydrogen) atoms. The van der Waals surface area contributed by atoms with Crippen molar-refractivity contribution in [3.8, 4) is 0 Å². The highest BCUT2D eigenvalue weighted by atomic mass is 32.2. The van der Waals surface area contributed by atoms with Crippen LogP contribution in [0.2, 0.25) is 0 Å². The summed E-state index contributed by atoms with van der Waals surface area (Å²) in [5.74, 6) is 1.94. The number of hydrogen-bond donors (Lipinski definition) is 1. The standard InChI is InChI=1S/C11H13N3OS/c1-7-3-4-9(12)10(5-7)16-6-11-13-8(2)14-15-11/h3-5H,6,12H2,1-2H3. The van der Waals surface area contributed by atoms with E-state index < -0.39 is 0 Å². The molecule has 1 aromatic carbocycles. The number of benzene rings is 1. The summed E-state index contributed by atoms with van der Waals surface area (Å²) in [4.78, 5) is 5.19. The summed E-state index contributed by atoms with van der Waals surface area (Å²) >= 11 is 1.61. The summed E-state index contributed by atoms with van der Waals surface area (Å²) < 4.78 is 5.03. The van der Waals surface area contributed by atoms with Crippen molar-refractivity contribution in [2.45, 2.75) is 24.5 Å². The second-order valence-corrected chi connectivity index (χ2v) is 4.58. The predicted octanol–water partition coefficient (Wildman–Crippen LogP) is 2.56. The van der Waals surface area contributed by atoms with Gasteiger partial charge in [-0.3, -0.25) is 0 Å². The van der Waals surface area contributed by atoms with Crippen LogP contribution in [0.3, 0.4) is 0 Å². The number of aryl methyl sites for hydroxylation is 2. The third-order valence-corrected chi connectivity index (χ3v) is 3.15. The van der Waals surface area contributed by atoms with Crippen molar-refractivity contribution in [1.82, 2.24) is 10.1 Å². The molecule has 0 bridgehead atoms. The van der Waals surface area contributed by atoms with Crippen LogP contribution in [0, 0.1) is 13.8 Å². The molecule has 0 fully saturated rings. The minimum Gasteiger partial charge on any atom is -0.398 e. The molecule has 0 aliphatic carbocycles. The Hall–Kier alpha value is -1.49. The van der Waals surface area contributed by atoms with Crippen LogP contribution in [0.1, 0.15) is 17.3 Å². The van der Waals surface area contributed by atoms with Gasteiger partial charge in [0.1, 0.15) is 0 Å². The fraction of sp³-hybridized carbons (Fsp3) is 0.273. The molecule has 0 aliphatic rings. The van der Waals surface area contributed by atoms with Crippen LogP contribution >= 0.6 is 11.8 Å². The van der Waals surface area contributed by atoms with Crippen molar-refractivity contribution in [3.05, 3.63) is 35.5 Å². The predicted molar refractivity (Wildman–Crippen MR) is 64.2 cm³/mol. The molecule has 1 aromatic heterocycles. The molecule has 4 nitrogen and oxygen atoms in total. The van der Waals surface area contributed by atoms with E-state index in [1.165, 1.54) is 5.56 Å². The van der Waals surface area contributed by atoms with E-state index in [1.54, 1.807) is 18.7 Å². The van der Waals surface area contributed by atoms with E-state index in [-0.39, 0.29) is 0 Å². The van der Waals surface area contributed by atoms with Gasteiger partial charge in [-0.05, 0) is 31.5 Å². The third-order valence-electron chi connectivity index (χ3n) is 2.09. The lowest BCUT2D eigenvalue weighted by Gasteiger charge is -2.04. The van der Waals surface area contributed by atoms with Crippen LogP contribution in [-0.4, -0.2) is 10.1 Å². The molecule has 0 atom stereocenters. The number of nitrogens with zero attached hydrogens (tertiary/aromatic N) is 2. The molecule has 84 valence electrons. The molecule has 0 saturated carbocycles. The molecule has 0 amide bonds. The van der Waals surface area contributed by atoms with E-state index >= 15 is 0 Å².